The van der Waals surface area contributed by atoms with Crippen LogP contribution in [0.4, 0.5) is 4.39 Å². The second-order valence-corrected chi connectivity index (χ2v) is 5.58. The lowest BCUT2D eigenvalue weighted by molar-refractivity contribution is 0.0665. The maximum Gasteiger partial charge on any atom is 0.123 e. The molecule has 2 rings (SSSR count). The molecule has 0 amide bonds. The van der Waals surface area contributed by atoms with Gasteiger partial charge in [0.2, 0.25) is 0 Å². The first-order chi connectivity index (χ1) is 8.70. The van der Waals surface area contributed by atoms with Gasteiger partial charge in [-0.05, 0) is 42.4 Å². The van der Waals surface area contributed by atoms with Gasteiger partial charge in [0.05, 0.1) is 6.10 Å². The number of aliphatic hydroxyl groups excluding tert-OH is 1. The topological polar surface area (TPSA) is 20.2 Å². The summed E-state index contributed by atoms with van der Waals surface area (Å²) in [6.45, 7) is 2.21. The molecule has 0 saturated heterocycles. The maximum atomic E-state index is 13.2. The van der Waals surface area contributed by atoms with Crippen molar-refractivity contribution in [1.29, 1.82) is 0 Å². The van der Waals surface area contributed by atoms with E-state index in [9.17, 15) is 9.50 Å². The van der Waals surface area contributed by atoms with E-state index in [1.807, 2.05) is 6.07 Å². The van der Waals surface area contributed by atoms with Crippen LogP contribution in [0.15, 0.2) is 24.3 Å². The van der Waals surface area contributed by atoms with Crippen LogP contribution in [-0.2, 0) is 0 Å². The molecular formula is C16H23FO. The first-order valence-corrected chi connectivity index (χ1v) is 7.14. The molecule has 1 fully saturated rings. The molecule has 3 atom stereocenters. The second-order valence-electron chi connectivity index (χ2n) is 5.58. The molecule has 1 aliphatic carbocycles. The third-order valence-corrected chi connectivity index (χ3v) is 4.16. The van der Waals surface area contributed by atoms with E-state index in [-0.39, 0.29) is 5.82 Å². The van der Waals surface area contributed by atoms with Crippen molar-refractivity contribution in [3.63, 3.8) is 0 Å². The Hall–Kier alpha value is -0.890. The Morgan fingerprint density at radius 2 is 2.22 bits per heavy atom. The van der Waals surface area contributed by atoms with Crippen LogP contribution in [-0.4, -0.2) is 5.11 Å². The Bertz CT molecular complexity index is 375. The highest BCUT2D eigenvalue weighted by Crippen LogP contribution is 2.38. The Kier molecular flexibility index (Phi) is 4.76. The lowest BCUT2D eigenvalue weighted by atomic mass is 9.76. The van der Waals surface area contributed by atoms with Gasteiger partial charge in [0.15, 0.2) is 0 Å². The van der Waals surface area contributed by atoms with E-state index < -0.39 is 6.10 Å². The fourth-order valence-electron chi connectivity index (χ4n) is 3.25. The standard InChI is InChI=1S/C16H23FO/c1-2-5-12-6-3-7-13(10-12)16(18)14-8-4-9-15(17)11-14/h4,8-9,11-13,16,18H,2-3,5-7,10H2,1H3/t12-,13+,16+/m1/s1. The zero-order chi connectivity index (χ0) is 13.0. The predicted octanol–water partition coefficient (Wildman–Crippen LogP) is 4.47. The van der Waals surface area contributed by atoms with Crippen LogP contribution in [0, 0.1) is 17.7 Å². The van der Waals surface area contributed by atoms with Crippen molar-refractivity contribution < 1.29 is 9.50 Å². The highest BCUT2D eigenvalue weighted by Gasteiger charge is 2.27. The number of hydrogen-bond acceptors (Lipinski definition) is 1. The summed E-state index contributed by atoms with van der Waals surface area (Å²) in [7, 11) is 0. The molecule has 0 bridgehead atoms. The summed E-state index contributed by atoms with van der Waals surface area (Å²) in [5, 5.41) is 10.4. The first kappa shape index (κ1) is 13.5. The summed E-state index contributed by atoms with van der Waals surface area (Å²) >= 11 is 0. The van der Waals surface area contributed by atoms with Crippen molar-refractivity contribution in [2.75, 3.05) is 0 Å². The van der Waals surface area contributed by atoms with Gasteiger partial charge in [-0.1, -0.05) is 44.7 Å². The molecule has 100 valence electrons. The van der Waals surface area contributed by atoms with E-state index in [2.05, 4.69) is 6.92 Å². The van der Waals surface area contributed by atoms with Crippen LogP contribution in [0.1, 0.15) is 57.1 Å². The predicted molar refractivity (Wildman–Crippen MR) is 71.7 cm³/mol. The first-order valence-electron chi connectivity index (χ1n) is 7.14. The molecule has 1 saturated carbocycles. The summed E-state index contributed by atoms with van der Waals surface area (Å²) in [6.07, 6.45) is 6.62. The molecule has 18 heavy (non-hydrogen) atoms. The summed E-state index contributed by atoms with van der Waals surface area (Å²) in [5.74, 6) is 0.793. The third-order valence-electron chi connectivity index (χ3n) is 4.16. The van der Waals surface area contributed by atoms with Crippen LogP contribution >= 0.6 is 0 Å². The van der Waals surface area contributed by atoms with Crippen molar-refractivity contribution in [3.05, 3.63) is 35.6 Å². The Morgan fingerprint density at radius 1 is 1.39 bits per heavy atom. The summed E-state index contributed by atoms with van der Waals surface area (Å²) < 4.78 is 13.2. The quantitative estimate of drug-likeness (QED) is 0.836. The molecule has 2 heteroatoms. The largest absolute Gasteiger partial charge is 0.388 e. The Labute approximate surface area is 109 Å². The van der Waals surface area contributed by atoms with Gasteiger partial charge in [-0.25, -0.2) is 4.39 Å². The van der Waals surface area contributed by atoms with Gasteiger partial charge in [0, 0.05) is 0 Å². The Balaban J connectivity index is 2.02. The van der Waals surface area contributed by atoms with Crippen molar-refractivity contribution >= 4 is 0 Å². The van der Waals surface area contributed by atoms with E-state index in [0.29, 0.717) is 5.92 Å². The molecule has 1 N–H and O–H groups in total. The molecule has 0 heterocycles. The minimum absolute atomic E-state index is 0.257. The highest BCUT2D eigenvalue weighted by molar-refractivity contribution is 5.19. The molecule has 1 aromatic rings. The molecule has 0 radical (unpaired) electrons. The molecule has 0 aromatic heterocycles. The third kappa shape index (κ3) is 3.32. The molecular weight excluding hydrogens is 227 g/mol. The molecule has 0 aliphatic heterocycles. The van der Waals surface area contributed by atoms with Gasteiger partial charge in [-0.15, -0.1) is 0 Å². The van der Waals surface area contributed by atoms with Gasteiger partial charge in [0.1, 0.15) is 5.82 Å². The minimum atomic E-state index is -0.500. The van der Waals surface area contributed by atoms with E-state index in [1.165, 1.54) is 37.8 Å². The van der Waals surface area contributed by atoms with Crippen LogP contribution < -0.4 is 0 Å². The lowest BCUT2D eigenvalue weighted by Crippen LogP contribution is -2.21. The van der Waals surface area contributed by atoms with Gasteiger partial charge in [-0.2, -0.15) is 0 Å². The van der Waals surface area contributed by atoms with Crippen LogP contribution in [0.3, 0.4) is 0 Å². The zero-order valence-electron chi connectivity index (χ0n) is 11.1. The van der Waals surface area contributed by atoms with Crippen molar-refractivity contribution in [2.24, 2.45) is 11.8 Å². The van der Waals surface area contributed by atoms with Gasteiger partial charge in [0.25, 0.3) is 0 Å². The van der Waals surface area contributed by atoms with E-state index >= 15 is 0 Å². The normalized spacial score (nSPS) is 25.9. The zero-order valence-corrected chi connectivity index (χ0v) is 11.1. The van der Waals surface area contributed by atoms with Crippen molar-refractivity contribution in [1.82, 2.24) is 0 Å². The van der Waals surface area contributed by atoms with Crippen LogP contribution in [0.2, 0.25) is 0 Å². The smallest absolute Gasteiger partial charge is 0.123 e. The minimum Gasteiger partial charge on any atom is -0.388 e. The molecule has 1 nitrogen and oxygen atoms in total. The number of benzene rings is 1. The number of hydrogen-bond donors (Lipinski definition) is 1. The van der Waals surface area contributed by atoms with Crippen molar-refractivity contribution in [2.45, 2.75) is 51.6 Å². The van der Waals surface area contributed by atoms with Crippen molar-refractivity contribution in [3.8, 4) is 0 Å². The summed E-state index contributed by atoms with van der Waals surface area (Å²) in [4.78, 5) is 0. The summed E-state index contributed by atoms with van der Waals surface area (Å²) in [5.41, 5.74) is 0.733. The molecule has 0 unspecified atom stereocenters. The lowest BCUT2D eigenvalue weighted by Gasteiger charge is -2.32. The monoisotopic (exact) mass is 250 g/mol. The van der Waals surface area contributed by atoms with Crippen LogP contribution in [0.25, 0.3) is 0 Å². The van der Waals surface area contributed by atoms with Gasteiger partial charge < -0.3 is 5.11 Å². The maximum absolute atomic E-state index is 13.2. The second kappa shape index (κ2) is 6.33. The van der Waals surface area contributed by atoms with Gasteiger partial charge >= 0.3 is 0 Å². The summed E-state index contributed by atoms with van der Waals surface area (Å²) in [6, 6.07) is 6.41. The van der Waals surface area contributed by atoms with E-state index in [1.54, 1.807) is 6.07 Å². The Morgan fingerprint density at radius 3 is 2.94 bits per heavy atom. The average Bonchev–Trinajstić information content (AvgIpc) is 2.39. The van der Waals surface area contributed by atoms with E-state index in [0.717, 1.165) is 24.3 Å². The highest BCUT2D eigenvalue weighted by atomic mass is 19.1. The molecule has 0 spiro atoms. The number of rotatable bonds is 4. The van der Waals surface area contributed by atoms with Gasteiger partial charge in [-0.3, -0.25) is 0 Å². The number of halogens is 1. The average molecular weight is 250 g/mol. The number of aliphatic hydroxyl groups is 1. The fraction of sp³-hybridized carbons (Fsp3) is 0.625. The van der Waals surface area contributed by atoms with E-state index in [4.69, 9.17) is 0 Å². The molecule has 1 aromatic carbocycles. The SMILES string of the molecule is CCC[C@@H]1CCC[C@H]([C@H](O)c2cccc(F)c2)C1. The molecule has 1 aliphatic rings. The van der Waals surface area contributed by atoms with Crippen LogP contribution in [0.5, 0.6) is 0 Å². The fourth-order valence-corrected chi connectivity index (χ4v) is 3.25.